The number of rotatable bonds is 1. The largest absolute Gasteiger partial charge is 0.137 e. The van der Waals surface area contributed by atoms with Crippen LogP contribution in [0.25, 0.3) is 0 Å². The Bertz CT molecular complexity index is 189. The highest BCUT2D eigenvalue weighted by atomic mass is 32.2. The third kappa shape index (κ3) is 1.49. The van der Waals surface area contributed by atoms with Gasteiger partial charge in [-0.15, -0.1) is 24.0 Å². The Balaban J connectivity index is 2.94. The molecule has 0 amide bonds. The predicted octanol–water partition coefficient (Wildman–Crippen LogP) is 3.16. The highest BCUT2D eigenvalue weighted by molar-refractivity contribution is 7.82. The first-order valence-electron chi connectivity index (χ1n) is 2.98. The third-order valence-electron chi connectivity index (χ3n) is 1.30. The zero-order valence-corrected chi connectivity index (χ0v) is 7.30. The van der Waals surface area contributed by atoms with Crippen LogP contribution in [-0.2, 0) is 0 Å². The molecule has 0 aromatic carbocycles. The summed E-state index contributed by atoms with van der Waals surface area (Å²) in [6.45, 7) is 4.36. The van der Waals surface area contributed by atoms with Crippen LogP contribution in [0, 0.1) is 0 Å². The van der Waals surface area contributed by atoms with Crippen molar-refractivity contribution < 1.29 is 0 Å². The molecule has 1 aromatic heterocycles. The molecule has 0 saturated heterocycles. The molecule has 0 nitrogen and oxygen atoms in total. The summed E-state index contributed by atoms with van der Waals surface area (Å²) in [6, 6.07) is 2.14. The van der Waals surface area contributed by atoms with Gasteiger partial charge in [0.05, 0.1) is 4.21 Å². The van der Waals surface area contributed by atoms with E-state index in [1.165, 1.54) is 5.56 Å². The smallest absolute Gasteiger partial charge is 0.0602 e. The van der Waals surface area contributed by atoms with Crippen molar-refractivity contribution in [1.82, 2.24) is 0 Å². The van der Waals surface area contributed by atoms with Gasteiger partial charge in [-0.25, -0.2) is 0 Å². The minimum Gasteiger partial charge on any atom is -0.137 e. The van der Waals surface area contributed by atoms with E-state index in [1.54, 1.807) is 11.3 Å². The zero-order valence-electron chi connectivity index (χ0n) is 5.59. The summed E-state index contributed by atoms with van der Waals surface area (Å²) in [4.78, 5) is 0. The van der Waals surface area contributed by atoms with E-state index in [0.29, 0.717) is 5.92 Å². The van der Waals surface area contributed by atoms with Gasteiger partial charge in [-0.05, 0) is 22.9 Å². The van der Waals surface area contributed by atoms with Gasteiger partial charge >= 0.3 is 0 Å². The number of hydrogen-bond donors (Lipinski definition) is 1. The lowest BCUT2D eigenvalue weighted by Gasteiger charge is -2.00. The Morgan fingerprint density at radius 1 is 1.56 bits per heavy atom. The van der Waals surface area contributed by atoms with Crippen LogP contribution in [0.2, 0.25) is 0 Å². The van der Waals surface area contributed by atoms with Crippen molar-refractivity contribution in [2.75, 3.05) is 0 Å². The molecule has 0 spiro atoms. The fraction of sp³-hybridized carbons (Fsp3) is 0.429. The summed E-state index contributed by atoms with van der Waals surface area (Å²) in [5, 5.41) is 2.08. The van der Waals surface area contributed by atoms with Gasteiger partial charge < -0.3 is 0 Å². The molecule has 0 radical (unpaired) electrons. The molecule has 0 atom stereocenters. The summed E-state index contributed by atoms with van der Waals surface area (Å²) in [7, 11) is 0. The Morgan fingerprint density at radius 3 is 2.44 bits per heavy atom. The average molecular weight is 158 g/mol. The summed E-state index contributed by atoms with van der Waals surface area (Å²) in [6.07, 6.45) is 0. The highest BCUT2D eigenvalue weighted by Gasteiger charge is 2.02. The van der Waals surface area contributed by atoms with Crippen molar-refractivity contribution in [2.24, 2.45) is 0 Å². The molecule has 9 heavy (non-hydrogen) atoms. The number of hydrogen-bond acceptors (Lipinski definition) is 2. The first kappa shape index (κ1) is 7.16. The van der Waals surface area contributed by atoms with E-state index < -0.39 is 0 Å². The maximum absolute atomic E-state index is 4.31. The first-order chi connectivity index (χ1) is 4.22. The van der Waals surface area contributed by atoms with Crippen LogP contribution in [0.5, 0.6) is 0 Å². The average Bonchev–Trinajstić information content (AvgIpc) is 2.13. The lowest BCUT2D eigenvalue weighted by atomic mass is 10.1. The summed E-state index contributed by atoms with van der Waals surface area (Å²) in [5.41, 5.74) is 1.36. The van der Waals surface area contributed by atoms with Crippen LogP contribution in [0.4, 0.5) is 0 Å². The molecule has 0 aliphatic rings. The van der Waals surface area contributed by atoms with Crippen molar-refractivity contribution in [2.45, 2.75) is 24.0 Å². The predicted molar refractivity (Wildman–Crippen MR) is 45.7 cm³/mol. The standard InChI is InChI=1S/C7H10S2/c1-5(2)6-3-4-9-7(6)8/h3-5,8H,1-2H3. The minimum absolute atomic E-state index is 0.615. The van der Waals surface area contributed by atoms with Gasteiger partial charge in [0.1, 0.15) is 0 Å². The van der Waals surface area contributed by atoms with Gasteiger partial charge in [0.2, 0.25) is 0 Å². The first-order valence-corrected chi connectivity index (χ1v) is 4.31. The fourth-order valence-corrected chi connectivity index (χ4v) is 2.05. The van der Waals surface area contributed by atoms with Crippen molar-refractivity contribution in [3.8, 4) is 0 Å². The summed E-state index contributed by atoms with van der Waals surface area (Å²) >= 11 is 6.00. The highest BCUT2D eigenvalue weighted by Crippen LogP contribution is 2.27. The molecular formula is C7H10S2. The molecule has 0 bridgehead atoms. The van der Waals surface area contributed by atoms with Gasteiger partial charge in [0, 0.05) is 0 Å². The lowest BCUT2D eigenvalue weighted by Crippen LogP contribution is -1.82. The second kappa shape index (κ2) is 2.76. The second-order valence-electron chi connectivity index (χ2n) is 2.34. The number of thiol groups is 1. The van der Waals surface area contributed by atoms with Crippen molar-refractivity contribution in [1.29, 1.82) is 0 Å². The van der Waals surface area contributed by atoms with E-state index in [1.807, 2.05) is 0 Å². The molecule has 2 heteroatoms. The molecule has 0 aliphatic carbocycles. The zero-order chi connectivity index (χ0) is 6.85. The number of thiophene rings is 1. The van der Waals surface area contributed by atoms with Crippen molar-refractivity contribution in [3.63, 3.8) is 0 Å². The van der Waals surface area contributed by atoms with Crippen molar-refractivity contribution in [3.05, 3.63) is 17.0 Å². The van der Waals surface area contributed by atoms with E-state index in [2.05, 4.69) is 37.9 Å². The third-order valence-corrected chi connectivity index (χ3v) is 2.60. The molecule has 0 unspecified atom stereocenters. The Morgan fingerprint density at radius 2 is 2.22 bits per heavy atom. The molecule has 0 N–H and O–H groups in total. The molecule has 1 heterocycles. The Hall–Kier alpha value is 0.0500. The Labute approximate surface area is 65.3 Å². The van der Waals surface area contributed by atoms with Crippen LogP contribution >= 0.6 is 24.0 Å². The Kier molecular flexibility index (Phi) is 2.19. The van der Waals surface area contributed by atoms with Crippen LogP contribution in [-0.4, -0.2) is 0 Å². The van der Waals surface area contributed by atoms with Crippen molar-refractivity contribution >= 4 is 24.0 Å². The molecule has 0 fully saturated rings. The molecule has 1 aromatic rings. The van der Waals surface area contributed by atoms with Gasteiger partial charge in [-0.3, -0.25) is 0 Å². The van der Waals surface area contributed by atoms with Crippen LogP contribution in [0.3, 0.4) is 0 Å². The van der Waals surface area contributed by atoms with Gasteiger partial charge in [0.25, 0.3) is 0 Å². The summed E-state index contributed by atoms with van der Waals surface area (Å²) in [5.74, 6) is 0.615. The normalized spacial score (nSPS) is 10.7. The monoisotopic (exact) mass is 158 g/mol. The van der Waals surface area contributed by atoms with Crippen LogP contribution in [0.15, 0.2) is 15.7 Å². The molecular weight excluding hydrogens is 148 g/mol. The quantitative estimate of drug-likeness (QED) is 0.596. The van der Waals surface area contributed by atoms with E-state index in [4.69, 9.17) is 0 Å². The summed E-state index contributed by atoms with van der Waals surface area (Å²) < 4.78 is 1.16. The van der Waals surface area contributed by atoms with E-state index in [0.717, 1.165) is 4.21 Å². The molecule has 0 aliphatic heterocycles. The maximum Gasteiger partial charge on any atom is 0.0602 e. The van der Waals surface area contributed by atoms with Gasteiger partial charge in [-0.1, -0.05) is 13.8 Å². The molecule has 1 rings (SSSR count). The minimum atomic E-state index is 0.615. The maximum atomic E-state index is 4.31. The van der Waals surface area contributed by atoms with Crippen LogP contribution < -0.4 is 0 Å². The fourth-order valence-electron chi connectivity index (χ4n) is 0.751. The van der Waals surface area contributed by atoms with E-state index in [-0.39, 0.29) is 0 Å². The molecule has 0 saturated carbocycles. The van der Waals surface area contributed by atoms with Gasteiger partial charge in [-0.2, -0.15) is 0 Å². The van der Waals surface area contributed by atoms with E-state index in [9.17, 15) is 0 Å². The topological polar surface area (TPSA) is 0 Å². The van der Waals surface area contributed by atoms with Gasteiger partial charge in [0.15, 0.2) is 0 Å². The second-order valence-corrected chi connectivity index (χ2v) is 4.00. The molecule has 50 valence electrons. The SMILES string of the molecule is CC(C)c1ccsc1S. The van der Waals surface area contributed by atoms with Crippen LogP contribution in [0.1, 0.15) is 25.3 Å². The lowest BCUT2D eigenvalue weighted by molar-refractivity contribution is 0.855. The van der Waals surface area contributed by atoms with E-state index >= 15 is 0 Å².